The Balaban J connectivity index is 1.82. The van der Waals surface area contributed by atoms with Crippen LogP contribution in [0.2, 0.25) is 0 Å². The minimum atomic E-state index is -0.140. The lowest BCUT2D eigenvalue weighted by molar-refractivity contribution is 0.249. The number of aromatic hydroxyl groups is 2. The van der Waals surface area contributed by atoms with Gasteiger partial charge in [-0.05, 0) is 36.8 Å². The first-order chi connectivity index (χ1) is 10.6. The number of furan rings is 1. The minimum absolute atomic E-state index is 0.0108. The van der Waals surface area contributed by atoms with E-state index in [0.29, 0.717) is 22.7 Å². The highest BCUT2D eigenvalue weighted by atomic mass is 16.5. The Morgan fingerprint density at radius 3 is 2.45 bits per heavy atom. The first-order valence-electron chi connectivity index (χ1n) is 6.84. The maximum atomic E-state index is 9.44. The molecule has 0 atom stereocenters. The maximum Gasteiger partial charge on any atom is 0.138 e. The van der Waals surface area contributed by atoms with Gasteiger partial charge in [-0.25, -0.2) is 0 Å². The Morgan fingerprint density at radius 1 is 1.05 bits per heavy atom. The van der Waals surface area contributed by atoms with E-state index in [1.165, 1.54) is 18.2 Å². The highest BCUT2D eigenvalue weighted by molar-refractivity contribution is 5.83. The Morgan fingerprint density at radius 2 is 1.77 bits per heavy atom. The zero-order valence-corrected chi connectivity index (χ0v) is 12.0. The second-order valence-corrected chi connectivity index (χ2v) is 5.11. The van der Waals surface area contributed by atoms with Gasteiger partial charge in [0.05, 0.1) is 0 Å². The monoisotopic (exact) mass is 300 g/mol. The van der Waals surface area contributed by atoms with Crippen LogP contribution in [0, 0.1) is 6.92 Å². The van der Waals surface area contributed by atoms with E-state index in [1.807, 2.05) is 19.1 Å². The third kappa shape index (κ3) is 2.71. The molecule has 0 aliphatic heterocycles. The number of aliphatic hydroxyl groups is 1. The molecule has 1 heterocycles. The van der Waals surface area contributed by atoms with Gasteiger partial charge in [-0.2, -0.15) is 0 Å². The van der Waals surface area contributed by atoms with Crippen LogP contribution in [0.15, 0.2) is 40.8 Å². The summed E-state index contributed by atoms with van der Waals surface area (Å²) in [5, 5.41) is 29.0. The number of hydrogen-bond acceptors (Lipinski definition) is 5. The van der Waals surface area contributed by atoms with E-state index in [2.05, 4.69) is 0 Å². The van der Waals surface area contributed by atoms with Crippen molar-refractivity contribution in [3.05, 3.63) is 53.3 Å². The summed E-state index contributed by atoms with van der Waals surface area (Å²) in [4.78, 5) is 0. The van der Waals surface area contributed by atoms with E-state index in [9.17, 15) is 15.3 Å². The smallest absolute Gasteiger partial charge is 0.138 e. The van der Waals surface area contributed by atoms with Crippen molar-refractivity contribution in [2.75, 3.05) is 0 Å². The number of phenolic OH excluding ortho intramolecular Hbond substituents is 2. The number of phenols is 2. The Labute approximate surface area is 127 Å². The van der Waals surface area contributed by atoms with Gasteiger partial charge < -0.3 is 24.5 Å². The zero-order valence-electron chi connectivity index (χ0n) is 12.0. The molecule has 0 bridgehead atoms. The molecule has 0 aliphatic rings. The molecule has 0 fully saturated rings. The van der Waals surface area contributed by atoms with Crippen LogP contribution in [-0.4, -0.2) is 15.3 Å². The van der Waals surface area contributed by atoms with Gasteiger partial charge in [0.15, 0.2) is 0 Å². The van der Waals surface area contributed by atoms with Crippen LogP contribution in [0.25, 0.3) is 11.0 Å². The summed E-state index contributed by atoms with van der Waals surface area (Å²) in [6.07, 6.45) is 0. The Bertz CT molecular complexity index is 799. The standard InChI is InChI=1S/C17H16O5/c1-10-15-3-2-14(7-16(15)22-17(10)8-18)21-9-11-4-12(19)6-13(20)5-11/h2-7,18-20H,8-9H2,1H3. The highest BCUT2D eigenvalue weighted by Gasteiger charge is 2.10. The molecule has 0 spiro atoms. The van der Waals surface area contributed by atoms with Crippen molar-refractivity contribution in [1.29, 1.82) is 0 Å². The molecule has 0 saturated heterocycles. The van der Waals surface area contributed by atoms with Crippen molar-refractivity contribution in [3.63, 3.8) is 0 Å². The van der Waals surface area contributed by atoms with Gasteiger partial charge in [0.1, 0.15) is 41.8 Å². The van der Waals surface area contributed by atoms with Gasteiger partial charge >= 0.3 is 0 Å². The Kier molecular flexibility index (Phi) is 3.65. The van der Waals surface area contributed by atoms with E-state index in [-0.39, 0.29) is 24.7 Å². The van der Waals surface area contributed by atoms with Gasteiger partial charge in [-0.1, -0.05) is 0 Å². The second kappa shape index (κ2) is 5.61. The van der Waals surface area contributed by atoms with Gasteiger partial charge in [-0.3, -0.25) is 0 Å². The van der Waals surface area contributed by atoms with Crippen molar-refractivity contribution < 1.29 is 24.5 Å². The molecule has 5 heteroatoms. The summed E-state index contributed by atoms with van der Waals surface area (Å²) in [5.74, 6) is 1.13. The minimum Gasteiger partial charge on any atom is -0.508 e. The van der Waals surface area contributed by atoms with E-state index in [0.717, 1.165) is 10.9 Å². The number of benzene rings is 2. The lowest BCUT2D eigenvalue weighted by Gasteiger charge is -2.07. The van der Waals surface area contributed by atoms with Crippen molar-refractivity contribution in [1.82, 2.24) is 0 Å². The SMILES string of the molecule is Cc1c(CO)oc2cc(OCc3cc(O)cc(O)c3)ccc12. The fraction of sp³-hybridized carbons (Fsp3) is 0.176. The second-order valence-electron chi connectivity index (χ2n) is 5.11. The van der Waals surface area contributed by atoms with Crippen LogP contribution in [-0.2, 0) is 13.2 Å². The van der Waals surface area contributed by atoms with Gasteiger partial charge in [0.25, 0.3) is 0 Å². The molecule has 0 unspecified atom stereocenters. The number of fused-ring (bicyclic) bond motifs is 1. The normalized spacial score (nSPS) is 11.0. The van der Waals surface area contributed by atoms with E-state index < -0.39 is 0 Å². The predicted molar refractivity (Wildman–Crippen MR) is 81.0 cm³/mol. The van der Waals surface area contributed by atoms with Gasteiger partial charge in [0.2, 0.25) is 0 Å². The van der Waals surface area contributed by atoms with Crippen LogP contribution < -0.4 is 4.74 Å². The molecule has 3 aromatic rings. The number of hydrogen-bond donors (Lipinski definition) is 3. The number of aryl methyl sites for hydroxylation is 1. The molecule has 0 saturated carbocycles. The summed E-state index contributed by atoms with van der Waals surface area (Å²) < 4.78 is 11.2. The molecule has 0 radical (unpaired) electrons. The molecule has 0 amide bonds. The van der Waals surface area contributed by atoms with Crippen molar-refractivity contribution >= 4 is 11.0 Å². The van der Waals surface area contributed by atoms with Gasteiger partial charge in [0, 0.05) is 23.1 Å². The predicted octanol–water partition coefficient (Wildman–Crippen LogP) is 3.22. The maximum absolute atomic E-state index is 9.44. The lowest BCUT2D eigenvalue weighted by Crippen LogP contribution is -1.95. The zero-order chi connectivity index (χ0) is 15.7. The molecule has 114 valence electrons. The van der Waals surface area contributed by atoms with Crippen LogP contribution >= 0.6 is 0 Å². The quantitative estimate of drug-likeness (QED) is 0.689. The number of ether oxygens (including phenoxy) is 1. The third-order valence-electron chi connectivity index (χ3n) is 3.52. The third-order valence-corrected chi connectivity index (χ3v) is 3.52. The van der Waals surface area contributed by atoms with Crippen LogP contribution in [0.3, 0.4) is 0 Å². The van der Waals surface area contributed by atoms with Crippen LogP contribution in [0.4, 0.5) is 0 Å². The van der Waals surface area contributed by atoms with Crippen LogP contribution in [0.1, 0.15) is 16.9 Å². The molecule has 2 aromatic carbocycles. The molecule has 5 nitrogen and oxygen atoms in total. The number of rotatable bonds is 4. The summed E-state index contributed by atoms with van der Waals surface area (Å²) in [7, 11) is 0. The highest BCUT2D eigenvalue weighted by Crippen LogP contribution is 2.29. The van der Waals surface area contributed by atoms with Crippen molar-refractivity contribution in [3.8, 4) is 17.2 Å². The fourth-order valence-corrected chi connectivity index (χ4v) is 2.40. The van der Waals surface area contributed by atoms with Gasteiger partial charge in [-0.15, -0.1) is 0 Å². The number of aliphatic hydroxyl groups excluding tert-OH is 1. The van der Waals surface area contributed by atoms with E-state index in [4.69, 9.17) is 9.15 Å². The summed E-state index contributed by atoms with van der Waals surface area (Å²) in [6.45, 7) is 1.97. The average Bonchev–Trinajstić information content (AvgIpc) is 2.80. The molecule has 0 aliphatic carbocycles. The van der Waals surface area contributed by atoms with Crippen LogP contribution in [0.5, 0.6) is 17.2 Å². The van der Waals surface area contributed by atoms with E-state index >= 15 is 0 Å². The summed E-state index contributed by atoms with van der Waals surface area (Å²) >= 11 is 0. The van der Waals surface area contributed by atoms with Crippen molar-refractivity contribution in [2.45, 2.75) is 20.1 Å². The first-order valence-corrected chi connectivity index (χ1v) is 6.84. The molecule has 22 heavy (non-hydrogen) atoms. The Hall–Kier alpha value is -2.66. The molecule has 3 N–H and O–H groups in total. The molecule has 1 aromatic heterocycles. The first kappa shape index (κ1) is 14.3. The lowest BCUT2D eigenvalue weighted by atomic mass is 10.1. The van der Waals surface area contributed by atoms with E-state index in [1.54, 1.807) is 6.07 Å². The summed E-state index contributed by atoms with van der Waals surface area (Å²) in [6, 6.07) is 9.76. The van der Waals surface area contributed by atoms with Crippen molar-refractivity contribution in [2.24, 2.45) is 0 Å². The molecule has 3 rings (SSSR count). The topological polar surface area (TPSA) is 83.1 Å². The molecular weight excluding hydrogens is 284 g/mol. The summed E-state index contributed by atoms with van der Waals surface area (Å²) in [5.41, 5.74) is 2.23. The largest absolute Gasteiger partial charge is 0.508 e. The molecular formula is C17H16O5. The average molecular weight is 300 g/mol. The fourth-order valence-electron chi connectivity index (χ4n) is 2.40.